The van der Waals surface area contributed by atoms with Crippen molar-refractivity contribution in [2.75, 3.05) is 19.5 Å². The van der Waals surface area contributed by atoms with Gasteiger partial charge in [0.15, 0.2) is 11.5 Å². The quantitative estimate of drug-likeness (QED) is 0.354. The van der Waals surface area contributed by atoms with Gasteiger partial charge in [-0.2, -0.15) is 0 Å². The van der Waals surface area contributed by atoms with Crippen molar-refractivity contribution in [1.29, 1.82) is 0 Å². The lowest BCUT2D eigenvalue weighted by Crippen LogP contribution is -2.10. The summed E-state index contributed by atoms with van der Waals surface area (Å²) in [5, 5.41) is 5.54. The fourth-order valence-electron chi connectivity index (χ4n) is 4.06. The Bertz CT molecular complexity index is 1460. The van der Waals surface area contributed by atoms with Crippen LogP contribution < -0.4 is 14.8 Å². The molecule has 0 aliphatic rings. The van der Waals surface area contributed by atoms with E-state index in [2.05, 4.69) is 62.5 Å². The Kier molecular flexibility index (Phi) is 5.30. The maximum Gasteiger partial charge on any atom is 0.162 e. The van der Waals surface area contributed by atoms with Gasteiger partial charge >= 0.3 is 0 Å². The number of aryl methyl sites for hydroxylation is 1. The molecular weight excluding hydrogens is 414 g/mol. The number of fused-ring (bicyclic) bond motifs is 2. The van der Waals surface area contributed by atoms with Crippen molar-refractivity contribution < 1.29 is 9.47 Å². The lowest BCUT2D eigenvalue weighted by atomic mass is 10.0. The zero-order valence-corrected chi connectivity index (χ0v) is 19.0. The van der Waals surface area contributed by atoms with Gasteiger partial charge in [0.05, 0.1) is 19.7 Å². The van der Waals surface area contributed by atoms with E-state index in [9.17, 15) is 0 Å². The van der Waals surface area contributed by atoms with E-state index in [1.54, 1.807) is 14.2 Å². The average molecular weight is 440 g/mol. The van der Waals surface area contributed by atoms with Crippen molar-refractivity contribution in [3.63, 3.8) is 0 Å². The van der Waals surface area contributed by atoms with Crippen LogP contribution in [0.5, 0.6) is 11.5 Å². The number of H-pyrrole nitrogens is 1. The molecule has 0 bridgehead atoms. The monoisotopic (exact) mass is 439 g/mol. The Hall–Kier alpha value is -4.13. The highest BCUT2D eigenvalue weighted by Gasteiger charge is 2.15. The number of nitrogens with one attached hydrogen (secondary N) is 2. The third-order valence-electron chi connectivity index (χ3n) is 5.79. The summed E-state index contributed by atoms with van der Waals surface area (Å²) in [5.74, 6) is 2.72. The number of anilines is 1. The molecule has 0 aliphatic carbocycles. The van der Waals surface area contributed by atoms with E-state index >= 15 is 0 Å². The molecule has 5 aromatic rings. The molecule has 2 aromatic carbocycles. The lowest BCUT2D eigenvalue weighted by molar-refractivity contribution is 0.356. The maximum atomic E-state index is 5.49. The third-order valence-corrected chi connectivity index (χ3v) is 5.79. The van der Waals surface area contributed by atoms with Crippen LogP contribution in [0.25, 0.3) is 33.1 Å². The van der Waals surface area contributed by atoms with Gasteiger partial charge in [-0.05, 0) is 49.2 Å². The van der Waals surface area contributed by atoms with E-state index < -0.39 is 0 Å². The number of nitrogens with zero attached hydrogens (tertiary/aromatic N) is 3. The summed E-state index contributed by atoms with van der Waals surface area (Å²) in [6, 6.07) is 16.5. The number of hydrogen-bond donors (Lipinski definition) is 2. The van der Waals surface area contributed by atoms with Crippen LogP contribution in [0.4, 0.5) is 5.82 Å². The number of benzene rings is 2. The van der Waals surface area contributed by atoms with E-state index in [0.717, 1.165) is 44.4 Å². The number of rotatable bonds is 6. The first-order valence-electron chi connectivity index (χ1n) is 10.8. The molecule has 3 heterocycles. The van der Waals surface area contributed by atoms with E-state index in [0.29, 0.717) is 17.3 Å². The van der Waals surface area contributed by atoms with Gasteiger partial charge in [-0.3, -0.25) is 0 Å². The van der Waals surface area contributed by atoms with Crippen LogP contribution in [-0.2, 0) is 0 Å². The van der Waals surface area contributed by atoms with Crippen molar-refractivity contribution in [3.8, 4) is 22.6 Å². The van der Waals surface area contributed by atoms with E-state index in [1.807, 2.05) is 37.5 Å². The molecule has 0 saturated heterocycles. The number of aromatic nitrogens is 4. The Morgan fingerprint density at radius 1 is 0.939 bits per heavy atom. The summed E-state index contributed by atoms with van der Waals surface area (Å²) >= 11 is 0. The molecule has 0 saturated carbocycles. The number of hydrogen-bond acceptors (Lipinski definition) is 6. The molecule has 166 valence electrons. The van der Waals surface area contributed by atoms with Crippen molar-refractivity contribution >= 4 is 27.8 Å². The molecule has 7 heteroatoms. The van der Waals surface area contributed by atoms with Gasteiger partial charge in [-0.25, -0.2) is 15.0 Å². The number of ether oxygens (including phenoxy) is 2. The zero-order valence-electron chi connectivity index (χ0n) is 19.0. The van der Waals surface area contributed by atoms with E-state index in [4.69, 9.17) is 9.47 Å². The van der Waals surface area contributed by atoms with Crippen LogP contribution in [0, 0.1) is 6.92 Å². The van der Waals surface area contributed by atoms with Gasteiger partial charge < -0.3 is 19.8 Å². The van der Waals surface area contributed by atoms with Crippen LogP contribution in [0.1, 0.15) is 24.4 Å². The highest BCUT2D eigenvalue weighted by atomic mass is 16.5. The molecule has 0 spiro atoms. The Labute approximate surface area is 191 Å². The van der Waals surface area contributed by atoms with Crippen LogP contribution in [0.15, 0.2) is 60.9 Å². The van der Waals surface area contributed by atoms with Gasteiger partial charge in [0.25, 0.3) is 0 Å². The average Bonchev–Trinajstić information content (AvgIpc) is 3.31. The fraction of sp³-hybridized carbons (Fsp3) is 0.192. The first kappa shape index (κ1) is 20.8. The number of pyridine rings is 1. The molecule has 0 aliphatic heterocycles. The highest BCUT2D eigenvalue weighted by molar-refractivity contribution is 5.92. The van der Waals surface area contributed by atoms with Gasteiger partial charge in [-0.15, -0.1) is 0 Å². The van der Waals surface area contributed by atoms with Crippen molar-refractivity contribution in [2.45, 2.75) is 19.9 Å². The minimum Gasteiger partial charge on any atom is -0.493 e. The molecule has 7 nitrogen and oxygen atoms in total. The van der Waals surface area contributed by atoms with Gasteiger partial charge in [0.1, 0.15) is 17.3 Å². The fourth-order valence-corrected chi connectivity index (χ4v) is 4.06. The molecule has 0 unspecified atom stereocenters. The molecule has 33 heavy (non-hydrogen) atoms. The normalized spacial score (nSPS) is 12.1. The van der Waals surface area contributed by atoms with Crippen LogP contribution in [0.3, 0.4) is 0 Å². The second-order valence-corrected chi connectivity index (χ2v) is 7.97. The molecule has 5 rings (SSSR count). The summed E-state index contributed by atoms with van der Waals surface area (Å²) < 4.78 is 10.9. The molecule has 0 amide bonds. The molecule has 0 fully saturated rings. The standard InChI is InChI=1S/C26H25N5O2/c1-15(17-6-5-7-18(10-17)20-11-19-8-9-27-25(19)28-14-20)29-26-21-12-23(32-3)24(33-4)13-22(21)30-16(2)31-26/h5-15H,1-4H3,(H,27,28)(H,29,30,31)/t15-/m1/s1. The van der Waals surface area contributed by atoms with Crippen LogP contribution in [-0.4, -0.2) is 34.2 Å². The van der Waals surface area contributed by atoms with Gasteiger partial charge in [0.2, 0.25) is 0 Å². The zero-order chi connectivity index (χ0) is 22.9. The molecule has 3 aromatic heterocycles. The first-order valence-corrected chi connectivity index (χ1v) is 10.8. The second-order valence-electron chi connectivity index (χ2n) is 7.97. The van der Waals surface area contributed by atoms with Gasteiger partial charge in [-0.1, -0.05) is 18.2 Å². The van der Waals surface area contributed by atoms with E-state index in [1.165, 1.54) is 0 Å². The second kappa shape index (κ2) is 8.43. The van der Waals surface area contributed by atoms with E-state index in [-0.39, 0.29) is 6.04 Å². The summed E-state index contributed by atoms with van der Waals surface area (Å²) in [4.78, 5) is 16.9. The highest BCUT2D eigenvalue weighted by Crippen LogP contribution is 2.35. The largest absolute Gasteiger partial charge is 0.493 e. The summed E-state index contributed by atoms with van der Waals surface area (Å²) in [7, 11) is 3.24. The topological polar surface area (TPSA) is 85.0 Å². The minimum atomic E-state index is 0.0134. The Balaban J connectivity index is 1.49. The smallest absolute Gasteiger partial charge is 0.162 e. The number of aromatic amines is 1. The summed E-state index contributed by atoms with van der Waals surface area (Å²) in [5.41, 5.74) is 5.03. The number of methoxy groups -OCH3 is 2. The molecule has 0 radical (unpaired) electrons. The maximum absolute atomic E-state index is 5.49. The predicted octanol–water partition coefficient (Wildman–Crippen LogP) is 5.67. The summed E-state index contributed by atoms with van der Waals surface area (Å²) in [6.45, 7) is 4.01. The van der Waals surface area contributed by atoms with Gasteiger partial charge in [0, 0.05) is 40.8 Å². The first-order chi connectivity index (χ1) is 16.1. The van der Waals surface area contributed by atoms with Crippen molar-refractivity contribution in [1.82, 2.24) is 19.9 Å². The predicted molar refractivity (Wildman–Crippen MR) is 131 cm³/mol. The van der Waals surface area contributed by atoms with Crippen LogP contribution in [0.2, 0.25) is 0 Å². The lowest BCUT2D eigenvalue weighted by Gasteiger charge is -2.18. The summed E-state index contributed by atoms with van der Waals surface area (Å²) in [6.07, 6.45) is 3.81. The molecule has 1 atom stereocenters. The minimum absolute atomic E-state index is 0.0134. The molecular formula is C26H25N5O2. The van der Waals surface area contributed by atoms with Crippen molar-refractivity contribution in [2.24, 2.45) is 0 Å². The molecule has 2 N–H and O–H groups in total. The van der Waals surface area contributed by atoms with Crippen LogP contribution >= 0.6 is 0 Å². The third kappa shape index (κ3) is 3.93. The Morgan fingerprint density at radius 2 is 1.76 bits per heavy atom. The Morgan fingerprint density at radius 3 is 2.58 bits per heavy atom. The SMILES string of the molecule is COc1cc2nc(C)nc(N[C@H](C)c3cccc(-c4cnc5[nH]ccc5c4)c3)c2cc1OC. The van der Waals surface area contributed by atoms with Crippen molar-refractivity contribution in [3.05, 3.63) is 72.3 Å².